The van der Waals surface area contributed by atoms with Crippen LogP contribution in [0.3, 0.4) is 0 Å². The van der Waals surface area contributed by atoms with Crippen molar-refractivity contribution in [3.05, 3.63) is 71.4 Å². The molecular formula is C21H21N3O3. The fourth-order valence-corrected chi connectivity index (χ4v) is 3.78. The third-order valence-corrected chi connectivity index (χ3v) is 5.10. The van der Waals surface area contributed by atoms with Crippen LogP contribution < -0.4 is 10.2 Å². The molecule has 1 aliphatic carbocycles. The van der Waals surface area contributed by atoms with Gasteiger partial charge in [-0.25, -0.2) is 5.48 Å². The van der Waals surface area contributed by atoms with E-state index in [-0.39, 0.29) is 6.04 Å². The first-order chi connectivity index (χ1) is 13.2. The molecule has 3 aromatic rings. The minimum absolute atomic E-state index is 0.128. The van der Waals surface area contributed by atoms with E-state index in [1.54, 1.807) is 18.7 Å². The van der Waals surface area contributed by atoms with Gasteiger partial charge < -0.3 is 4.74 Å². The number of amides is 1. The van der Waals surface area contributed by atoms with Crippen LogP contribution >= 0.6 is 0 Å². The molecule has 1 aromatic heterocycles. The van der Waals surface area contributed by atoms with Gasteiger partial charge in [0.1, 0.15) is 5.75 Å². The molecule has 2 aromatic carbocycles. The highest BCUT2D eigenvalue weighted by molar-refractivity contribution is 5.93. The number of fused-ring (bicyclic) bond motifs is 1. The van der Waals surface area contributed by atoms with Crippen molar-refractivity contribution in [3.8, 4) is 17.0 Å². The molecule has 138 valence electrons. The zero-order chi connectivity index (χ0) is 18.8. The second-order valence-electron chi connectivity index (χ2n) is 6.64. The predicted octanol–water partition coefficient (Wildman–Crippen LogP) is 3.60. The Bertz CT molecular complexity index is 980. The number of hydroxylamine groups is 1. The third-order valence-electron chi connectivity index (χ3n) is 5.10. The number of nitrogens with one attached hydrogen (secondary N) is 1. The molecule has 0 fully saturated rings. The first kappa shape index (κ1) is 17.3. The molecule has 1 heterocycles. The molecule has 2 N–H and O–H groups in total. The van der Waals surface area contributed by atoms with Crippen molar-refractivity contribution >= 4 is 5.91 Å². The van der Waals surface area contributed by atoms with E-state index in [0.29, 0.717) is 5.56 Å². The van der Waals surface area contributed by atoms with Gasteiger partial charge in [-0.3, -0.25) is 14.7 Å². The average Bonchev–Trinajstić information content (AvgIpc) is 3.22. The highest BCUT2D eigenvalue weighted by atomic mass is 16.5. The number of rotatable bonds is 4. The number of carbonyl (C=O) groups excluding carboxylic acids is 1. The normalized spacial score (nSPS) is 15.9. The second kappa shape index (κ2) is 7.25. The SMILES string of the molecule is COc1ccccc1-c1ccn([C@H]2CCCc3cc(C(=O)NO)ccc32)n1. The van der Waals surface area contributed by atoms with Crippen LogP contribution in [0.1, 0.15) is 40.4 Å². The zero-order valence-corrected chi connectivity index (χ0v) is 15.1. The van der Waals surface area contributed by atoms with Crippen molar-refractivity contribution in [2.24, 2.45) is 0 Å². The van der Waals surface area contributed by atoms with Crippen molar-refractivity contribution < 1.29 is 14.7 Å². The summed E-state index contributed by atoms with van der Waals surface area (Å²) in [7, 11) is 1.66. The molecule has 1 aliphatic rings. The van der Waals surface area contributed by atoms with Gasteiger partial charge in [-0.15, -0.1) is 0 Å². The van der Waals surface area contributed by atoms with Gasteiger partial charge in [0.2, 0.25) is 0 Å². The molecule has 0 saturated heterocycles. The lowest BCUT2D eigenvalue weighted by atomic mass is 9.86. The van der Waals surface area contributed by atoms with E-state index in [1.165, 1.54) is 5.56 Å². The maximum Gasteiger partial charge on any atom is 0.274 e. The minimum atomic E-state index is -0.488. The molecule has 1 amide bonds. The van der Waals surface area contributed by atoms with E-state index in [2.05, 4.69) is 0 Å². The van der Waals surface area contributed by atoms with Gasteiger partial charge >= 0.3 is 0 Å². The van der Waals surface area contributed by atoms with Crippen LogP contribution in [0.15, 0.2) is 54.7 Å². The van der Waals surface area contributed by atoms with Gasteiger partial charge in [-0.1, -0.05) is 18.2 Å². The number of aryl methyl sites for hydroxylation is 1. The zero-order valence-electron chi connectivity index (χ0n) is 15.1. The molecular weight excluding hydrogens is 342 g/mol. The van der Waals surface area contributed by atoms with Crippen LogP contribution in [0, 0.1) is 0 Å². The summed E-state index contributed by atoms with van der Waals surface area (Å²) in [6.07, 6.45) is 4.92. The lowest BCUT2D eigenvalue weighted by molar-refractivity contribution is 0.0706. The summed E-state index contributed by atoms with van der Waals surface area (Å²) in [4.78, 5) is 11.7. The quantitative estimate of drug-likeness (QED) is 0.548. The number of benzene rings is 2. The minimum Gasteiger partial charge on any atom is -0.496 e. The number of hydrogen-bond donors (Lipinski definition) is 2. The van der Waals surface area contributed by atoms with Crippen LogP contribution in [0.4, 0.5) is 0 Å². The van der Waals surface area contributed by atoms with E-state index >= 15 is 0 Å². The smallest absolute Gasteiger partial charge is 0.274 e. The fourth-order valence-electron chi connectivity index (χ4n) is 3.78. The average molecular weight is 363 g/mol. The van der Waals surface area contributed by atoms with Crippen molar-refractivity contribution in [3.63, 3.8) is 0 Å². The molecule has 1 atom stereocenters. The van der Waals surface area contributed by atoms with Crippen LogP contribution in [-0.4, -0.2) is 28.0 Å². The topological polar surface area (TPSA) is 76.4 Å². The van der Waals surface area contributed by atoms with E-state index < -0.39 is 5.91 Å². The molecule has 0 aliphatic heterocycles. The third kappa shape index (κ3) is 3.19. The number of carbonyl (C=O) groups is 1. The highest BCUT2D eigenvalue weighted by Crippen LogP contribution is 2.35. The monoisotopic (exact) mass is 363 g/mol. The second-order valence-corrected chi connectivity index (χ2v) is 6.64. The maximum absolute atomic E-state index is 11.7. The van der Waals surface area contributed by atoms with Gasteiger partial charge in [0, 0.05) is 17.3 Å². The molecule has 0 unspecified atom stereocenters. The van der Waals surface area contributed by atoms with Crippen LogP contribution in [-0.2, 0) is 6.42 Å². The Morgan fingerprint density at radius 1 is 1.26 bits per heavy atom. The molecule has 0 saturated carbocycles. The van der Waals surface area contributed by atoms with Crippen LogP contribution in [0.2, 0.25) is 0 Å². The van der Waals surface area contributed by atoms with E-state index in [9.17, 15) is 4.79 Å². The number of aromatic nitrogens is 2. The lowest BCUT2D eigenvalue weighted by Crippen LogP contribution is -2.21. The van der Waals surface area contributed by atoms with Gasteiger partial charge in [0.15, 0.2) is 0 Å². The molecule has 6 heteroatoms. The van der Waals surface area contributed by atoms with Gasteiger partial charge in [-0.05, 0) is 60.7 Å². The Balaban J connectivity index is 1.68. The van der Waals surface area contributed by atoms with Crippen molar-refractivity contribution in [1.82, 2.24) is 15.3 Å². The number of methoxy groups -OCH3 is 1. The lowest BCUT2D eigenvalue weighted by Gasteiger charge is -2.26. The fraction of sp³-hybridized carbons (Fsp3) is 0.238. The van der Waals surface area contributed by atoms with Gasteiger partial charge in [-0.2, -0.15) is 5.10 Å². The molecule has 27 heavy (non-hydrogen) atoms. The van der Waals surface area contributed by atoms with Crippen molar-refractivity contribution in [1.29, 1.82) is 0 Å². The Kier molecular flexibility index (Phi) is 4.64. The van der Waals surface area contributed by atoms with Crippen LogP contribution in [0.5, 0.6) is 5.75 Å². The highest BCUT2D eigenvalue weighted by Gasteiger charge is 2.24. The van der Waals surface area contributed by atoms with Gasteiger partial charge in [0.05, 0.1) is 18.8 Å². The number of para-hydroxylation sites is 1. The molecule has 0 radical (unpaired) electrons. The van der Waals surface area contributed by atoms with E-state index in [0.717, 1.165) is 41.8 Å². The predicted molar refractivity (Wildman–Crippen MR) is 101 cm³/mol. The van der Waals surface area contributed by atoms with E-state index in [4.69, 9.17) is 15.0 Å². The summed E-state index contributed by atoms with van der Waals surface area (Å²) in [5.74, 6) is 0.309. The molecule has 6 nitrogen and oxygen atoms in total. The van der Waals surface area contributed by atoms with Crippen LogP contribution in [0.25, 0.3) is 11.3 Å². The summed E-state index contributed by atoms with van der Waals surface area (Å²) in [5.41, 5.74) is 6.29. The Morgan fingerprint density at radius 2 is 2.11 bits per heavy atom. The summed E-state index contributed by atoms with van der Waals surface area (Å²) in [6, 6.07) is 15.5. The maximum atomic E-state index is 11.7. The van der Waals surface area contributed by atoms with Gasteiger partial charge in [0.25, 0.3) is 5.91 Å². The van der Waals surface area contributed by atoms with Crippen molar-refractivity contribution in [2.75, 3.05) is 7.11 Å². The Hall–Kier alpha value is -3.12. The number of nitrogens with zero attached hydrogens (tertiary/aromatic N) is 2. The molecule has 4 rings (SSSR count). The van der Waals surface area contributed by atoms with E-state index in [1.807, 2.05) is 53.3 Å². The summed E-state index contributed by atoms with van der Waals surface area (Å²) in [5, 5.41) is 13.7. The first-order valence-electron chi connectivity index (χ1n) is 8.97. The number of ether oxygens (including phenoxy) is 1. The van der Waals surface area contributed by atoms with Crippen molar-refractivity contribution in [2.45, 2.75) is 25.3 Å². The Labute approximate surface area is 157 Å². The molecule has 0 bridgehead atoms. The summed E-state index contributed by atoms with van der Waals surface area (Å²) in [6.45, 7) is 0. The molecule has 0 spiro atoms. The standard InChI is InChI=1S/C21H21N3O3/c1-27-20-8-3-2-6-17(20)18-11-12-24(22-18)19-7-4-5-14-13-15(21(25)23-26)9-10-16(14)19/h2-3,6,8-13,19,26H,4-5,7H2,1H3,(H,23,25)/t19-/m0/s1. The first-order valence-corrected chi connectivity index (χ1v) is 8.97. The summed E-state index contributed by atoms with van der Waals surface area (Å²) < 4.78 is 7.44. The Morgan fingerprint density at radius 3 is 2.93 bits per heavy atom. The largest absolute Gasteiger partial charge is 0.496 e. The summed E-state index contributed by atoms with van der Waals surface area (Å²) >= 11 is 0. The number of hydrogen-bond acceptors (Lipinski definition) is 4.